The molecule has 1 N–H and O–H groups in total. The summed E-state index contributed by atoms with van der Waals surface area (Å²) in [5, 5.41) is 9.78. The van der Waals surface area contributed by atoms with Gasteiger partial charge in [0.2, 0.25) is 5.95 Å². The van der Waals surface area contributed by atoms with Gasteiger partial charge in [0.15, 0.2) is 5.15 Å². The molecule has 2 aliphatic rings. The molecular weight excluding hydrogens is 499 g/mol. The fourth-order valence-corrected chi connectivity index (χ4v) is 5.57. The standard InChI is InChI=1S/C26H32Cl2N6O2/c1-17(14-35-3)4-9-34-24(28)23(13-30-34)32-25-29-12-19-10-21(27)20(11-22(19)31-25)18-5-7-33(8-6-18)26(2)15-36-16-26/h10-13,18H,1,4-9,14-16H2,2-3H3,(H,29,31,32). The molecule has 8 nitrogen and oxygen atoms in total. The number of aromatic nitrogens is 4. The molecule has 0 aliphatic carbocycles. The van der Waals surface area contributed by atoms with Crippen LogP contribution in [0.15, 0.2) is 36.7 Å². The number of hydrogen-bond acceptors (Lipinski definition) is 7. The number of ether oxygens (including phenoxy) is 2. The number of nitrogens with zero attached hydrogens (tertiary/aromatic N) is 5. The molecule has 0 bridgehead atoms. The highest BCUT2D eigenvalue weighted by Crippen LogP contribution is 2.38. The molecule has 0 spiro atoms. The minimum Gasteiger partial charge on any atom is -0.380 e. The number of halogens is 2. The second-order valence-electron chi connectivity index (χ2n) is 10.0. The first kappa shape index (κ1) is 25.4. The third-order valence-corrected chi connectivity index (χ3v) is 8.00. The Morgan fingerprint density at radius 3 is 2.72 bits per heavy atom. The number of anilines is 2. The zero-order chi connectivity index (χ0) is 25.3. The molecule has 36 heavy (non-hydrogen) atoms. The van der Waals surface area contributed by atoms with Crippen LogP contribution in [0, 0.1) is 0 Å². The van der Waals surface area contributed by atoms with Crippen LogP contribution in [0.2, 0.25) is 10.2 Å². The van der Waals surface area contributed by atoms with Gasteiger partial charge in [0.1, 0.15) is 0 Å². The molecule has 2 fully saturated rings. The molecule has 192 valence electrons. The second kappa shape index (κ2) is 10.6. The van der Waals surface area contributed by atoms with E-state index >= 15 is 0 Å². The van der Waals surface area contributed by atoms with Crippen LogP contribution < -0.4 is 5.32 Å². The summed E-state index contributed by atoms with van der Waals surface area (Å²) in [6.07, 6.45) is 6.35. The van der Waals surface area contributed by atoms with Crippen molar-refractivity contribution in [3.63, 3.8) is 0 Å². The van der Waals surface area contributed by atoms with Crippen LogP contribution in [-0.4, -0.2) is 70.2 Å². The summed E-state index contributed by atoms with van der Waals surface area (Å²) in [5.41, 5.74) is 3.85. The molecule has 0 atom stereocenters. The van der Waals surface area contributed by atoms with Crippen LogP contribution >= 0.6 is 23.2 Å². The van der Waals surface area contributed by atoms with Gasteiger partial charge in [0.25, 0.3) is 0 Å². The van der Waals surface area contributed by atoms with Gasteiger partial charge in [-0.2, -0.15) is 5.10 Å². The number of aryl methyl sites for hydroxylation is 1. The Balaban J connectivity index is 1.29. The first-order valence-electron chi connectivity index (χ1n) is 12.3. The topological polar surface area (TPSA) is 77.3 Å². The monoisotopic (exact) mass is 530 g/mol. The predicted molar refractivity (Wildman–Crippen MR) is 143 cm³/mol. The van der Waals surface area contributed by atoms with E-state index in [-0.39, 0.29) is 5.54 Å². The Bertz CT molecular complexity index is 1250. The number of methoxy groups -OCH3 is 1. The van der Waals surface area contributed by atoms with E-state index < -0.39 is 0 Å². The van der Waals surface area contributed by atoms with Crippen LogP contribution in [0.3, 0.4) is 0 Å². The minimum absolute atomic E-state index is 0.193. The fourth-order valence-electron chi connectivity index (χ4n) is 5.02. The van der Waals surface area contributed by atoms with Crippen molar-refractivity contribution in [2.45, 2.75) is 44.2 Å². The SMILES string of the molecule is C=C(CCn1ncc(Nc2ncc3cc(Cl)c(C4CCN(C5(C)COC5)CC4)cc3n2)c1Cl)COC. The molecule has 2 saturated heterocycles. The van der Waals surface area contributed by atoms with Crippen molar-refractivity contribution in [3.8, 4) is 0 Å². The van der Waals surface area contributed by atoms with Gasteiger partial charge in [0.05, 0.1) is 42.8 Å². The third-order valence-electron chi connectivity index (χ3n) is 7.27. The molecule has 2 aromatic heterocycles. The van der Waals surface area contributed by atoms with E-state index in [1.54, 1.807) is 24.2 Å². The highest BCUT2D eigenvalue weighted by atomic mass is 35.5. The third kappa shape index (κ3) is 5.24. The summed E-state index contributed by atoms with van der Waals surface area (Å²) < 4.78 is 12.3. The Kier molecular flexibility index (Phi) is 7.51. The van der Waals surface area contributed by atoms with Crippen LogP contribution in [0.5, 0.6) is 0 Å². The summed E-state index contributed by atoms with van der Waals surface area (Å²) in [4.78, 5) is 11.8. The second-order valence-corrected chi connectivity index (χ2v) is 10.8. The van der Waals surface area contributed by atoms with Crippen molar-refractivity contribution in [2.24, 2.45) is 0 Å². The van der Waals surface area contributed by atoms with Crippen molar-refractivity contribution >= 4 is 45.7 Å². The zero-order valence-corrected chi connectivity index (χ0v) is 22.3. The van der Waals surface area contributed by atoms with Gasteiger partial charge >= 0.3 is 0 Å². The fraction of sp³-hybridized carbons (Fsp3) is 0.500. The van der Waals surface area contributed by atoms with Crippen molar-refractivity contribution in [3.05, 3.63) is 52.4 Å². The molecule has 10 heteroatoms. The van der Waals surface area contributed by atoms with E-state index in [1.807, 2.05) is 6.07 Å². The summed E-state index contributed by atoms with van der Waals surface area (Å²) in [6.45, 7) is 11.2. The van der Waals surface area contributed by atoms with Crippen molar-refractivity contribution in [2.75, 3.05) is 45.3 Å². The van der Waals surface area contributed by atoms with Gasteiger partial charge in [-0.3, -0.25) is 9.58 Å². The Hall–Kier alpha value is -2.23. The summed E-state index contributed by atoms with van der Waals surface area (Å²) >= 11 is 13.3. The van der Waals surface area contributed by atoms with Crippen LogP contribution in [0.25, 0.3) is 10.9 Å². The predicted octanol–water partition coefficient (Wildman–Crippen LogP) is 5.44. The molecule has 0 unspecified atom stereocenters. The van der Waals surface area contributed by atoms with E-state index in [9.17, 15) is 0 Å². The van der Waals surface area contributed by atoms with Crippen molar-refractivity contribution in [1.82, 2.24) is 24.6 Å². The average Bonchev–Trinajstić information content (AvgIpc) is 3.20. The largest absolute Gasteiger partial charge is 0.380 e. The van der Waals surface area contributed by atoms with Gasteiger partial charge in [-0.15, -0.1) is 0 Å². The quantitative estimate of drug-likeness (QED) is 0.369. The molecule has 0 radical (unpaired) electrons. The van der Waals surface area contributed by atoms with Crippen LogP contribution in [0.4, 0.5) is 11.6 Å². The van der Waals surface area contributed by atoms with E-state index in [1.165, 1.54) is 0 Å². The maximum atomic E-state index is 6.72. The number of rotatable bonds is 9. The molecule has 2 aliphatic heterocycles. The molecule has 1 aromatic carbocycles. The van der Waals surface area contributed by atoms with Crippen LogP contribution in [0.1, 0.15) is 37.7 Å². The van der Waals surface area contributed by atoms with E-state index in [0.29, 0.717) is 35.9 Å². The maximum absolute atomic E-state index is 6.72. The lowest BCUT2D eigenvalue weighted by molar-refractivity contribution is -0.136. The number of piperidine rings is 1. The van der Waals surface area contributed by atoms with E-state index in [2.05, 4.69) is 39.9 Å². The summed E-state index contributed by atoms with van der Waals surface area (Å²) in [5.74, 6) is 0.878. The van der Waals surface area contributed by atoms with Gasteiger partial charge in [0, 0.05) is 30.3 Å². The number of benzene rings is 1. The van der Waals surface area contributed by atoms with E-state index in [4.69, 9.17) is 37.7 Å². The normalized spacial score (nSPS) is 18.3. The first-order chi connectivity index (χ1) is 17.4. The maximum Gasteiger partial charge on any atom is 0.227 e. The van der Waals surface area contributed by atoms with Gasteiger partial charge in [-0.1, -0.05) is 35.4 Å². The minimum atomic E-state index is 0.193. The number of likely N-dealkylation sites (tertiary alicyclic amines) is 1. The lowest BCUT2D eigenvalue weighted by Crippen LogP contribution is -2.61. The van der Waals surface area contributed by atoms with Gasteiger partial charge in [-0.05, 0) is 62.9 Å². The number of hydrogen-bond donors (Lipinski definition) is 1. The van der Waals surface area contributed by atoms with Crippen molar-refractivity contribution in [1.29, 1.82) is 0 Å². The molecular formula is C26H32Cl2N6O2. The van der Waals surface area contributed by atoms with Gasteiger partial charge < -0.3 is 14.8 Å². The summed E-state index contributed by atoms with van der Waals surface area (Å²) in [6, 6.07) is 4.09. The lowest BCUT2D eigenvalue weighted by Gasteiger charge is -2.50. The molecule has 4 heterocycles. The zero-order valence-electron chi connectivity index (χ0n) is 20.8. The van der Waals surface area contributed by atoms with Crippen LogP contribution in [-0.2, 0) is 16.0 Å². The lowest BCUT2D eigenvalue weighted by atomic mass is 9.86. The Morgan fingerprint density at radius 2 is 2.03 bits per heavy atom. The molecule has 0 saturated carbocycles. The number of nitrogens with one attached hydrogen (secondary N) is 1. The van der Waals surface area contributed by atoms with E-state index in [0.717, 1.165) is 72.6 Å². The Labute approximate surface area is 221 Å². The highest BCUT2D eigenvalue weighted by Gasteiger charge is 2.41. The smallest absolute Gasteiger partial charge is 0.227 e. The Morgan fingerprint density at radius 1 is 1.25 bits per heavy atom. The molecule has 5 rings (SSSR count). The highest BCUT2D eigenvalue weighted by molar-refractivity contribution is 6.32. The first-order valence-corrected chi connectivity index (χ1v) is 13.0. The average molecular weight is 531 g/mol. The van der Waals surface area contributed by atoms with Crippen molar-refractivity contribution < 1.29 is 9.47 Å². The molecule has 3 aromatic rings. The molecule has 0 amide bonds. The van der Waals surface area contributed by atoms with Gasteiger partial charge in [-0.25, -0.2) is 9.97 Å². The summed E-state index contributed by atoms with van der Waals surface area (Å²) in [7, 11) is 1.66. The number of fused-ring (bicyclic) bond motifs is 1.